The van der Waals surface area contributed by atoms with Crippen LogP contribution in [0.15, 0.2) is 18.2 Å². The Morgan fingerprint density at radius 3 is 2.70 bits per heavy atom. The topological polar surface area (TPSA) is 38.5 Å². The first-order valence-corrected chi connectivity index (χ1v) is 7.47. The smallest absolute Gasteiger partial charge is 0.127 e. The van der Waals surface area contributed by atoms with Crippen molar-refractivity contribution in [3.05, 3.63) is 29.6 Å². The summed E-state index contributed by atoms with van der Waals surface area (Å²) in [4.78, 5) is 2.46. The second-order valence-corrected chi connectivity index (χ2v) is 6.41. The molecule has 0 aliphatic carbocycles. The highest BCUT2D eigenvalue weighted by molar-refractivity contribution is 5.39. The summed E-state index contributed by atoms with van der Waals surface area (Å²) in [6.45, 7) is 6.48. The summed E-state index contributed by atoms with van der Waals surface area (Å²) in [5, 5.41) is 0. The minimum atomic E-state index is -0.257. The lowest BCUT2D eigenvalue weighted by molar-refractivity contribution is -0.0281. The Balaban J connectivity index is 1.81. The van der Waals surface area contributed by atoms with Crippen LogP contribution in [-0.2, 0) is 0 Å². The minimum Gasteiger partial charge on any atom is -0.487 e. The van der Waals surface area contributed by atoms with Crippen LogP contribution in [0.5, 0.6) is 5.75 Å². The molecule has 2 N–H and O–H groups in total. The summed E-state index contributed by atoms with van der Waals surface area (Å²) in [7, 11) is 0. The lowest BCUT2D eigenvalue weighted by atomic mass is 9.80. The van der Waals surface area contributed by atoms with Crippen molar-refractivity contribution < 1.29 is 9.13 Å². The Labute approximate surface area is 119 Å². The van der Waals surface area contributed by atoms with Gasteiger partial charge >= 0.3 is 0 Å². The Kier molecular flexibility index (Phi) is 3.46. The summed E-state index contributed by atoms with van der Waals surface area (Å²) in [5.74, 6) is 0.384. The van der Waals surface area contributed by atoms with Crippen molar-refractivity contribution in [1.82, 2.24) is 4.90 Å². The quantitative estimate of drug-likeness (QED) is 0.858. The maximum Gasteiger partial charge on any atom is 0.127 e. The summed E-state index contributed by atoms with van der Waals surface area (Å²) in [6, 6.07) is 5.21. The van der Waals surface area contributed by atoms with Crippen LogP contribution in [0.25, 0.3) is 0 Å². The maximum atomic E-state index is 13.4. The van der Waals surface area contributed by atoms with Crippen molar-refractivity contribution in [2.24, 2.45) is 5.73 Å². The van der Waals surface area contributed by atoms with Crippen LogP contribution in [0.3, 0.4) is 0 Å². The second-order valence-electron chi connectivity index (χ2n) is 6.41. The minimum absolute atomic E-state index is 0.0510. The molecule has 0 amide bonds. The largest absolute Gasteiger partial charge is 0.487 e. The maximum absolute atomic E-state index is 13.4. The van der Waals surface area contributed by atoms with Gasteiger partial charge in [-0.1, -0.05) is 6.07 Å². The highest BCUT2D eigenvalue weighted by atomic mass is 19.1. The lowest BCUT2D eigenvalue weighted by Crippen LogP contribution is -2.52. The number of hydrogen-bond acceptors (Lipinski definition) is 3. The van der Waals surface area contributed by atoms with Crippen molar-refractivity contribution in [1.29, 1.82) is 0 Å². The number of rotatable bonds is 1. The molecule has 20 heavy (non-hydrogen) atoms. The zero-order valence-electron chi connectivity index (χ0n) is 12.2. The molecule has 110 valence electrons. The SMILES string of the molecule is CC(C)N1CCC2(CC1)C[C@H](N)c1ccc(F)cc1O2. The average Bonchev–Trinajstić information content (AvgIpc) is 2.38. The molecular formula is C16H23FN2O. The van der Waals surface area contributed by atoms with Gasteiger partial charge < -0.3 is 15.4 Å². The van der Waals surface area contributed by atoms with Crippen LogP contribution < -0.4 is 10.5 Å². The number of hydrogen-bond donors (Lipinski definition) is 1. The van der Waals surface area contributed by atoms with E-state index in [1.165, 1.54) is 12.1 Å². The summed E-state index contributed by atoms with van der Waals surface area (Å²) >= 11 is 0. The number of halogens is 1. The Bertz CT molecular complexity index is 495. The molecule has 2 aliphatic heterocycles. The summed E-state index contributed by atoms with van der Waals surface area (Å²) in [5.41, 5.74) is 7.01. The predicted octanol–water partition coefficient (Wildman–Crippen LogP) is 2.85. The average molecular weight is 278 g/mol. The summed E-state index contributed by atoms with van der Waals surface area (Å²) < 4.78 is 19.6. The van der Waals surface area contributed by atoms with Gasteiger partial charge in [-0.05, 0) is 32.8 Å². The fourth-order valence-corrected chi connectivity index (χ4v) is 3.44. The van der Waals surface area contributed by atoms with E-state index in [1.54, 1.807) is 6.07 Å². The molecular weight excluding hydrogens is 255 g/mol. The van der Waals surface area contributed by atoms with Crippen LogP contribution >= 0.6 is 0 Å². The lowest BCUT2D eigenvalue weighted by Gasteiger charge is -2.47. The number of piperidine rings is 1. The van der Waals surface area contributed by atoms with Crippen molar-refractivity contribution in [2.45, 2.75) is 50.8 Å². The van der Waals surface area contributed by atoms with Crippen LogP contribution in [-0.4, -0.2) is 29.6 Å². The van der Waals surface area contributed by atoms with E-state index in [-0.39, 0.29) is 17.5 Å². The van der Waals surface area contributed by atoms with Crippen LogP contribution in [0.1, 0.15) is 44.7 Å². The van der Waals surface area contributed by atoms with Gasteiger partial charge in [-0.15, -0.1) is 0 Å². The monoisotopic (exact) mass is 278 g/mol. The molecule has 0 aromatic heterocycles. The molecule has 1 saturated heterocycles. The molecule has 4 heteroatoms. The number of benzene rings is 1. The molecule has 1 atom stereocenters. The number of nitrogens with two attached hydrogens (primary N) is 1. The standard InChI is InChI=1S/C16H23FN2O/c1-11(2)19-7-5-16(6-8-19)10-14(18)13-4-3-12(17)9-15(13)20-16/h3-4,9,11,14H,5-8,10,18H2,1-2H3/t14-/m0/s1. The van der Waals surface area contributed by atoms with Gasteiger partial charge in [0.05, 0.1) is 0 Å². The second kappa shape index (κ2) is 5.01. The van der Waals surface area contributed by atoms with Gasteiger partial charge in [0, 0.05) is 43.2 Å². The molecule has 1 fully saturated rings. The molecule has 0 bridgehead atoms. The van der Waals surface area contributed by atoms with E-state index < -0.39 is 0 Å². The van der Waals surface area contributed by atoms with Crippen molar-refractivity contribution >= 4 is 0 Å². The molecule has 2 heterocycles. The number of fused-ring (bicyclic) bond motifs is 1. The van der Waals surface area contributed by atoms with E-state index in [0.717, 1.165) is 37.9 Å². The molecule has 0 saturated carbocycles. The number of ether oxygens (including phenoxy) is 1. The number of nitrogens with zero attached hydrogens (tertiary/aromatic N) is 1. The van der Waals surface area contributed by atoms with Crippen molar-refractivity contribution in [3.63, 3.8) is 0 Å². The van der Waals surface area contributed by atoms with Gasteiger partial charge in [-0.25, -0.2) is 4.39 Å². The van der Waals surface area contributed by atoms with Gasteiger partial charge in [-0.3, -0.25) is 0 Å². The Hall–Kier alpha value is -1.13. The van der Waals surface area contributed by atoms with Crippen LogP contribution in [0.2, 0.25) is 0 Å². The fourth-order valence-electron chi connectivity index (χ4n) is 3.44. The fraction of sp³-hybridized carbons (Fsp3) is 0.625. The van der Waals surface area contributed by atoms with Gasteiger partial charge in [0.2, 0.25) is 0 Å². The number of likely N-dealkylation sites (tertiary alicyclic amines) is 1. The van der Waals surface area contributed by atoms with Crippen LogP contribution in [0, 0.1) is 5.82 Å². The van der Waals surface area contributed by atoms with E-state index in [4.69, 9.17) is 10.5 Å². The normalized spacial score (nSPS) is 25.6. The third kappa shape index (κ3) is 2.42. The Morgan fingerprint density at radius 2 is 2.05 bits per heavy atom. The highest BCUT2D eigenvalue weighted by Gasteiger charge is 2.42. The van der Waals surface area contributed by atoms with Crippen LogP contribution in [0.4, 0.5) is 4.39 Å². The molecule has 1 aromatic rings. The van der Waals surface area contributed by atoms with Gasteiger partial charge in [0.1, 0.15) is 17.2 Å². The molecule has 1 aromatic carbocycles. The molecule has 0 radical (unpaired) electrons. The van der Waals surface area contributed by atoms with E-state index in [1.807, 2.05) is 0 Å². The van der Waals surface area contributed by atoms with E-state index in [2.05, 4.69) is 18.7 Å². The zero-order valence-corrected chi connectivity index (χ0v) is 12.2. The molecule has 3 rings (SSSR count). The molecule has 2 aliphatic rings. The van der Waals surface area contributed by atoms with Gasteiger partial charge in [0.15, 0.2) is 0 Å². The third-order valence-corrected chi connectivity index (χ3v) is 4.73. The zero-order chi connectivity index (χ0) is 14.3. The first-order valence-electron chi connectivity index (χ1n) is 7.47. The Morgan fingerprint density at radius 1 is 1.35 bits per heavy atom. The van der Waals surface area contributed by atoms with E-state index >= 15 is 0 Å². The molecule has 1 spiro atoms. The van der Waals surface area contributed by atoms with Gasteiger partial charge in [0.25, 0.3) is 0 Å². The third-order valence-electron chi connectivity index (χ3n) is 4.73. The molecule has 3 nitrogen and oxygen atoms in total. The first kappa shape index (κ1) is 13.8. The summed E-state index contributed by atoms with van der Waals surface area (Å²) in [6.07, 6.45) is 2.77. The van der Waals surface area contributed by atoms with Gasteiger partial charge in [-0.2, -0.15) is 0 Å². The van der Waals surface area contributed by atoms with Crippen molar-refractivity contribution in [2.75, 3.05) is 13.1 Å². The first-order chi connectivity index (χ1) is 9.49. The molecule has 0 unspecified atom stereocenters. The van der Waals surface area contributed by atoms with E-state index in [9.17, 15) is 4.39 Å². The van der Waals surface area contributed by atoms with E-state index in [0.29, 0.717) is 11.8 Å². The predicted molar refractivity (Wildman–Crippen MR) is 77.2 cm³/mol. The van der Waals surface area contributed by atoms with Crippen molar-refractivity contribution in [3.8, 4) is 5.75 Å². The highest BCUT2D eigenvalue weighted by Crippen LogP contribution is 2.43.